The Kier molecular flexibility index (Phi) is 4.94. The van der Waals surface area contributed by atoms with Crippen LogP contribution in [-0.4, -0.2) is 45.4 Å². The largest absolute Gasteiger partial charge is 0.497 e. The lowest BCUT2D eigenvalue weighted by molar-refractivity contribution is -0.136. The van der Waals surface area contributed by atoms with E-state index in [4.69, 9.17) is 18.6 Å². The first-order chi connectivity index (χ1) is 14.0. The smallest absolute Gasteiger partial charge is 0.399 e. The molecule has 3 heterocycles. The fourth-order valence-corrected chi connectivity index (χ4v) is 4.15. The first-order valence-electron chi connectivity index (χ1n) is 10.0. The lowest BCUT2D eigenvalue weighted by Gasteiger charge is -2.32. The number of aromatic nitrogens is 2. The van der Waals surface area contributed by atoms with Gasteiger partial charge in [0.25, 0.3) is 0 Å². The first-order valence-corrected chi connectivity index (χ1v) is 10.8. The van der Waals surface area contributed by atoms with E-state index in [9.17, 15) is 13.2 Å². The molecule has 1 aromatic heterocycles. The lowest BCUT2D eigenvalue weighted by atomic mass is 9.69. The second kappa shape index (κ2) is 6.66. The highest BCUT2D eigenvalue weighted by Crippen LogP contribution is 2.40. The molecule has 31 heavy (non-hydrogen) atoms. The van der Waals surface area contributed by atoms with Gasteiger partial charge in [-0.15, -0.1) is 0 Å². The molecule has 168 valence electrons. The van der Waals surface area contributed by atoms with Crippen LogP contribution in [0.5, 0.6) is 0 Å². The van der Waals surface area contributed by atoms with Crippen LogP contribution >= 0.6 is 11.7 Å². The molecule has 0 saturated carbocycles. The van der Waals surface area contributed by atoms with Crippen LogP contribution in [0.2, 0.25) is 0 Å². The van der Waals surface area contributed by atoms with Crippen LogP contribution < -0.4 is 10.9 Å². The summed E-state index contributed by atoms with van der Waals surface area (Å²) in [6.07, 6.45) is -4.67. The van der Waals surface area contributed by atoms with Gasteiger partial charge in [-0.3, -0.25) is 0 Å². The van der Waals surface area contributed by atoms with E-state index in [1.54, 1.807) is 27.7 Å². The van der Waals surface area contributed by atoms with Crippen molar-refractivity contribution in [2.75, 3.05) is 0 Å². The number of hydrogen-bond acceptors (Lipinski definition) is 7. The average molecular weight is 456 g/mol. The number of alkyl halides is 3. The second-order valence-electron chi connectivity index (χ2n) is 10.1. The molecule has 0 unspecified atom stereocenters. The molecule has 2 aromatic rings. The van der Waals surface area contributed by atoms with Crippen LogP contribution in [-0.2, 0) is 24.8 Å². The Morgan fingerprint density at radius 2 is 1.16 bits per heavy atom. The highest BCUT2D eigenvalue weighted by atomic mass is 32.1. The van der Waals surface area contributed by atoms with Crippen LogP contribution in [0.3, 0.4) is 0 Å². The maximum Gasteiger partial charge on any atom is 0.497 e. The van der Waals surface area contributed by atoms with E-state index in [-0.39, 0.29) is 16.4 Å². The van der Waals surface area contributed by atoms with E-state index in [2.05, 4.69) is 8.75 Å². The number of fused-ring (bicyclic) bond motifs is 1. The molecule has 12 heteroatoms. The summed E-state index contributed by atoms with van der Waals surface area (Å²) in [6, 6.07) is 1.03. The van der Waals surface area contributed by atoms with Gasteiger partial charge in [-0.1, -0.05) is 0 Å². The van der Waals surface area contributed by atoms with Crippen LogP contribution in [0.1, 0.15) is 61.0 Å². The summed E-state index contributed by atoms with van der Waals surface area (Å²) >= 11 is 0.828. The number of rotatable bonds is 2. The fourth-order valence-electron chi connectivity index (χ4n) is 3.57. The SMILES string of the molecule is CC1(C)OB(c2cc(C(F)(F)F)c(B3OC(C)(C)C(C)(C)O3)c3nsnc23)OC1(C)C. The van der Waals surface area contributed by atoms with Crippen molar-refractivity contribution < 1.29 is 31.8 Å². The predicted molar refractivity (Wildman–Crippen MR) is 114 cm³/mol. The quantitative estimate of drug-likeness (QED) is 0.647. The normalized spacial score (nSPS) is 24.4. The van der Waals surface area contributed by atoms with Crippen molar-refractivity contribution in [2.24, 2.45) is 0 Å². The third kappa shape index (κ3) is 3.51. The van der Waals surface area contributed by atoms with E-state index >= 15 is 0 Å². The Hall–Kier alpha value is -1.20. The summed E-state index contributed by atoms with van der Waals surface area (Å²) in [7, 11) is -2.25. The van der Waals surface area contributed by atoms with Gasteiger partial charge in [0, 0.05) is 10.9 Å². The average Bonchev–Trinajstić information content (AvgIpc) is 3.19. The molecule has 0 bridgehead atoms. The van der Waals surface area contributed by atoms with Gasteiger partial charge in [0.15, 0.2) is 0 Å². The van der Waals surface area contributed by atoms with Crippen LogP contribution in [0.15, 0.2) is 6.07 Å². The van der Waals surface area contributed by atoms with Gasteiger partial charge >= 0.3 is 20.4 Å². The maximum absolute atomic E-state index is 14.3. The maximum atomic E-state index is 14.3. The predicted octanol–water partition coefficient (Wildman–Crippen LogP) is 3.31. The zero-order valence-electron chi connectivity index (χ0n) is 18.8. The van der Waals surface area contributed by atoms with Gasteiger partial charge in [-0.2, -0.15) is 21.9 Å². The molecule has 2 aliphatic rings. The highest BCUT2D eigenvalue weighted by molar-refractivity contribution is 7.00. The molecule has 0 radical (unpaired) electrons. The number of hydrogen-bond donors (Lipinski definition) is 0. The number of halogens is 3. The molecular weight excluding hydrogens is 431 g/mol. The minimum Gasteiger partial charge on any atom is -0.399 e. The zero-order valence-corrected chi connectivity index (χ0v) is 19.6. The highest BCUT2D eigenvalue weighted by Gasteiger charge is 2.56. The summed E-state index contributed by atoms with van der Waals surface area (Å²) in [6.45, 7) is 14.5. The molecule has 1 aromatic carbocycles. The Labute approximate surface area is 184 Å². The van der Waals surface area contributed by atoms with E-state index in [1.165, 1.54) is 0 Å². The van der Waals surface area contributed by atoms with Gasteiger partial charge in [0.1, 0.15) is 11.0 Å². The molecule has 0 atom stereocenters. The Morgan fingerprint density at radius 1 is 0.742 bits per heavy atom. The third-order valence-electron chi connectivity index (χ3n) is 6.91. The molecule has 0 N–H and O–H groups in total. The van der Waals surface area contributed by atoms with Crippen LogP contribution in [0, 0.1) is 0 Å². The van der Waals surface area contributed by atoms with E-state index in [0.29, 0.717) is 5.52 Å². The monoisotopic (exact) mass is 456 g/mol. The molecule has 0 aliphatic carbocycles. The van der Waals surface area contributed by atoms with Crippen molar-refractivity contribution in [1.82, 2.24) is 8.75 Å². The molecule has 2 saturated heterocycles. The van der Waals surface area contributed by atoms with Crippen molar-refractivity contribution in [3.63, 3.8) is 0 Å². The molecule has 2 aliphatic heterocycles. The summed E-state index contributed by atoms with van der Waals surface area (Å²) in [5, 5.41) is 0. The lowest BCUT2D eigenvalue weighted by Crippen LogP contribution is -2.44. The summed E-state index contributed by atoms with van der Waals surface area (Å²) in [5.41, 5.74) is -3.53. The Morgan fingerprint density at radius 3 is 1.61 bits per heavy atom. The summed E-state index contributed by atoms with van der Waals surface area (Å²) in [4.78, 5) is 0. The number of benzene rings is 1. The summed E-state index contributed by atoms with van der Waals surface area (Å²) in [5.74, 6) is 0. The van der Waals surface area contributed by atoms with Crippen LogP contribution in [0.4, 0.5) is 13.2 Å². The van der Waals surface area contributed by atoms with Crippen molar-refractivity contribution in [3.8, 4) is 0 Å². The van der Waals surface area contributed by atoms with Crippen molar-refractivity contribution >= 4 is 47.9 Å². The molecule has 0 amide bonds. The van der Waals surface area contributed by atoms with Gasteiger partial charge in [-0.05, 0) is 61.5 Å². The Bertz CT molecular complexity index is 1010. The van der Waals surface area contributed by atoms with Crippen molar-refractivity contribution in [3.05, 3.63) is 11.6 Å². The second-order valence-corrected chi connectivity index (χ2v) is 10.6. The first kappa shape index (κ1) is 23.0. The van der Waals surface area contributed by atoms with Crippen molar-refractivity contribution in [1.29, 1.82) is 0 Å². The standard InChI is InChI=1S/C19H25B2F3N2O4S/c1-15(2)16(3,4)28-20(27-15)11-9-10(19(22,23)24)12(14-13(11)25-31-26-14)21-29-17(5,6)18(7,8)30-21/h9H,1-8H3. The van der Waals surface area contributed by atoms with E-state index < -0.39 is 48.4 Å². The fraction of sp³-hybridized carbons (Fsp3) is 0.684. The third-order valence-corrected chi connectivity index (χ3v) is 7.44. The van der Waals surface area contributed by atoms with Crippen LogP contribution in [0.25, 0.3) is 11.0 Å². The van der Waals surface area contributed by atoms with Gasteiger partial charge in [0.2, 0.25) is 0 Å². The summed E-state index contributed by atoms with van der Waals surface area (Å²) < 4.78 is 75.2. The molecule has 0 spiro atoms. The van der Waals surface area contributed by atoms with E-state index in [0.717, 1.165) is 17.8 Å². The molecule has 6 nitrogen and oxygen atoms in total. The topological polar surface area (TPSA) is 62.7 Å². The molecular formula is C19H25B2F3N2O4S. The number of nitrogens with zero attached hydrogens (tertiary/aromatic N) is 2. The molecule has 4 rings (SSSR count). The Balaban J connectivity index is 1.91. The van der Waals surface area contributed by atoms with E-state index in [1.807, 2.05) is 27.7 Å². The minimum absolute atomic E-state index is 0.0861. The minimum atomic E-state index is -4.67. The van der Waals surface area contributed by atoms with Gasteiger partial charge in [-0.25, -0.2) is 0 Å². The molecule has 2 fully saturated rings. The van der Waals surface area contributed by atoms with Crippen molar-refractivity contribution in [2.45, 2.75) is 84.0 Å². The van der Waals surface area contributed by atoms with Gasteiger partial charge in [0.05, 0.1) is 39.7 Å². The zero-order chi connectivity index (χ0) is 23.2. The van der Waals surface area contributed by atoms with Gasteiger partial charge < -0.3 is 18.6 Å².